The van der Waals surface area contributed by atoms with Gasteiger partial charge in [0.05, 0.1) is 5.56 Å². The molecular weight excluding hydrogens is 276 g/mol. The molecule has 1 atom stereocenters. The van der Waals surface area contributed by atoms with Gasteiger partial charge in [0.15, 0.2) is 0 Å². The minimum absolute atomic E-state index is 0.147. The first kappa shape index (κ1) is 15.9. The molecule has 0 bridgehead atoms. The second kappa shape index (κ2) is 8.12. The van der Waals surface area contributed by atoms with E-state index < -0.39 is 0 Å². The van der Waals surface area contributed by atoms with Gasteiger partial charge in [-0.05, 0) is 25.3 Å². The lowest BCUT2D eigenvalue weighted by molar-refractivity contribution is 0.0953. The summed E-state index contributed by atoms with van der Waals surface area (Å²) in [5, 5.41) is 6.05. The van der Waals surface area contributed by atoms with Gasteiger partial charge in [-0.25, -0.2) is 9.97 Å². The van der Waals surface area contributed by atoms with Crippen molar-refractivity contribution in [2.45, 2.75) is 32.7 Å². The number of hydrogen-bond donors (Lipinski definition) is 2. The summed E-state index contributed by atoms with van der Waals surface area (Å²) in [6.07, 6.45) is 4.90. The van der Waals surface area contributed by atoms with Gasteiger partial charge < -0.3 is 10.6 Å². The molecule has 22 heavy (non-hydrogen) atoms. The van der Waals surface area contributed by atoms with E-state index in [0.717, 1.165) is 12.8 Å². The fraction of sp³-hybridized carbons (Fsp3) is 0.353. The summed E-state index contributed by atoms with van der Waals surface area (Å²) in [6, 6.07) is 10.4. The van der Waals surface area contributed by atoms with Crippen molar-refractivity contribution in [3.63, 3.8) is 0 Å². The van der Waals surface area contributed by atoms with Crippen LogP contribution in [0.5, 0.6) is 0 Å². The quantitative estimate of drug-likeness (QED) is 0.824. The molecule has 5 nitrogen and oxygen atoms in total. The molecule has 0 fully saturated rings. The van der Waals surface area contributed by atoms with E-state index in [1.165, 1.54) is 5.56 Å². The number of rotatable bonds is 7. The van der Waals surface area contributed by atoms with Crippen LogP contribution in [0.15, 0.2) is 42.7 Å². The summed E-state index contributed by atoms with van der Waals surface area (Å²) in [4.78, 5) is 20.4. The Morgan fingerprint density at radius 3 is 2.50 bits per heavy atom. The van der Waals surface area contributed by atoms with E-state index in [2.05, 4.69) is 34.4 Å². The molecule has 2 aromatic rings. The van der Waals surface area contributed by atoms with Gasteiger partial charge >= 0.3 is 0 Å². The topological polar surface area (TPSA) is 66.9 Å². The summed E-state index contributed by atoms with van der Waals surface area (Å²) in [6.45, 7) is 4.75. The highest BCUT2D eigenvalue weighted by molar-refractivity contribution is 5.93. The van der Waals surface area contributed by atoms with Crippen molar-refractivity contribution in [2.75, 3.05) is 11.9 Å². The van der Waals surface area contributed by atoms with E-state index in [4.69, 9.17) is 0 Å². The van der Waals surface area contributed by atoms with Crippen LogP contribution in [0.2, 0.25) is 0 Å². The Labute approximate surface area is 131 Å². The van der Waals surface area contributed by atoms with Crippen molar-refractivity contribution in [3.05, 3.63) is 53.9 Å². The van der Waals surface area contributed by atoms with Gasteiger partial charge in [0.2, 0.25) is 5.95 Å². The van der Waals surface area contributed by atoms with Crippen LogP contribution in [0.25, 0.3) is 0 Å². The number of aromatic nitrogens is 2. The molecule has 1 heterocycles. The molecular formula is C17H22N4O. The van der Waals surface area contributed by atoms with Crippen LogP contribution in [0, 0.1) is 0 Å². The fourth-order valence-corrected chi connectivity index (χ4v) is 1.91. The summed E-state index contributed by atoms with van der Waals surface area (Å²) in [5.41, 5.74) is 1.68. The van der Waals surface area contributed by atoms with Crippen LogP contribution in [-0.4, -0.2) is 28.5 Å². The lowest BCUT2D eigenvalue weighted by Gasteiger charge is -2.11. The number of carbonyl (C=O) groups is 1. The Morgan fingerprint density at radius 1 is 1.18 bits per heavy atom. The first-order valence-electron chi connectivity index (χ1n) is 7.59. The maximum absolute atomic E-state index is 12.0. The van der Waals surface area contributed by atoms with Gasteiger partial charge in [-0.3, -0.25) is 4.79 Å². The number of benzene rings is 1. The maximum atomic E-state index is 12.0. The zero-order chi connectivity index (χ0) is 15.8. The number of nitrogens with one attached hydrogen (secondary N) is 2. The molecule has 1 amide bonds. The van der Waals surface area contributed by atoms with Gasteiger partial charge in [-0.15, -0.1) is 0 Å². The van der Waals surface area contributed by atoms with Gasteiger partial charge in [-0.2, -0.15) is 0 Å². The lowest BCUT2D eigenvalue weighted by Crippen LogP contribution is -2.26. The third-order valence-corrected chi connectivity index (χ3v) is 3.44. The minimum atomic E-state index is -0.147. The van der Waals surface area contributed by atoms with Crippen LogP contribution in [0.3, 0.4) is 0 Å². The zero-order valence-electron chi connectivity index (χ0n) is 13.0. The molecule has 116 valence electrons. The largest absolute Gasteiger partial charge is 0.352 e. The number of anilines is 1. The van der Waals surface area contributed by atoms with Gasteiger partial charge in [0, 0.05) is 25.0 Å². The predicted octanol–water partition coefficient (Wildman–Crippen LogP) is 2.66. The van der Waals surface area contributed by atoms with E-state index >= 15 is 0 Å². The van der Waals surface area contributed by atoms with E-state index in [0.29, 0.717) is 24.1 Å². The molecule has 1 unspecified atom stereocenters. The van der Waals surface area contributed by atoms with Crippen molar-refractivity contribution in [2.24, 2.45) is 0 Å². The maximum Gasteiger partial charge on any atom is 0.254 e. The molecule has 1 aromatic heterocycles. The highest BCUT2D eigenvalue weighted by Crippen LogP contribution is 2.04. The Morgan fingerprint density at radius 2 is 1.86 bits per heavy atom. The molecule has 0 aliphatic heterocycles. The molecule has 0 radical (unpaired) electrons. The number of nitrogens with zero attached hydrogens (tertiary/aromatic N) is 2. The number of carbonyl (C=O) groups excluding carboxylic acids is 1. The van der Waals surface area contributed by atoms with Crippen LogP contribution in [0.1, 0.15) is 36.2 Å². The van der Waals surface area contributed by atoms with Crippen LogP contribution in [0.4, 0.5) is 5.95 Å². The summed E-state index contributed by atoms with van der Waals surface area (Å²) < 4.78 is 0. The molecule has 2 rings (SSSR count). The summed E-state index contributed by atoms with van der Waals surface area (Å²) in [7, 11) is 0. The number of amides is 1. The molecule has 0 spiro atoms. The Balaban J connectivity index is 1.82. The van der Waals surface area contributed by atoms with E-state index in [9.17, 15) is 4.79 Å². The van der Waals surface area contributed by atoms with Gasteiger partial charge in [0.25, 0.3) is 5.91 Å². The smallest absolute Gasteiger partial charge is 0.254 e. The minimum Gasteiger partial charge on any atom is -0.352 e. The predicted molar refractivity (Wildman–Crippen MR) is 87.9 cm³/mol. The average molecular weight is 298 g/mol. The number of hydrogen-bond acceptors (Lipinski definition) is 4. The Hall–Kier alpha value is -2.43. The van der Waals surface area contributed by atoms with Crippen LogP contribution in [-0.2, 0) is 6.42 Å². The van der Waals surface area contributed by atoms with Crippen molar-refractivity contribution < 1.29 is 4.79 Å². The Bertz CT molecular complexity index is 583. The molecule has 0 aliphatic rings. The van der Waals surface area contributed by atoms with Crippen molar-refractivity contribution >= 4 is 11.9 Å². The van der Waals surface area contributed by atoms with Crippen molar-refractivity contribution in [1.29, 1.82) is 0 Å². The zero-order valence-corrected chi connectivity index (χ0v) is 13.0. The first-order chi connectivity index (χ1) is 10.7. The van der Waals surface area contributed by atoms with Gasteiger partial charge in [-0.1, -0.05) is 37.3 Å². The van der Waals surface area contributed by atoms with Crippen LogP contribution >= 0.6 is 0 Å². The highest BCUT2D eigenvalue weighted by Gasteiger charge is 2.07. The fourth-order valence-electron chi connectivity index (χ4n) is 1.91. The Kier molecular flexibility index (Phi) is 5.89. The standard InChI is InChI=1S/C17H22N4O/c1-3-13(2)21-17-19-11-15(12-20-17)16(22)18-10-9-14-7-5-4-6-8-14/h4-8,11-13H,3,9-10H2,1-2H3,(H,18,22)(H,19,20,21). The van der Waals surface area contributed by atoms with E-state index in [-0.39, 0.29) is 5.91 Å². The van der Waals surface area contributed by atoms with Gasteiger partial charge in [0.1, 0.15) is 0 Å². The molecule has 0 saturated carbocycles. The molecule has 0 saturated heterocycles. The van der Waals surface area contributed by atoms with Crippen molar-refractivity contribution in [1.82, 2.24) is 15.3 Å². The second-order valence-electron chi connectivity index (χ2n) is 5.24. The summed E-state index contributed by atoms with van der Waals surface area (Å²) in [5.74, 6) is 0.404. The average Bonchev–Trinajstić information content (AvgIpc) is 2.56. The third-order valence-electron chi connectivity index (χ3n) is 3.44. The molecule has 2 N–H and O–H groups in total. The lowest BCUT2D eigenvalue weighted by atomic mass is 10.1. The van der Waals surface area contributed by atoms with E-state index in [1.807, 2.05) is 30.3 Å². The normalized spacial score (nSPS) is 11.7. The second-order valence-corrected chi connectivity index (χ2v) is 5.24. The highest BCUT2D eigenvalue weighted by atomic mass is 16.1. The van der Waals surface area contributed by atoms with Crippen molar-refractivity contribution in [3.8, 4) is 0 Å². The van der Waals surface area contributed by atoms with E-state index in [1.54, 1.807) is 12.4 Å². The molecule has 1 aromatic carbocycles. The summed E-state index contributed by atoms with van der Waals surface area (Å²) >= 11 is 0. The molecule has 0 aliphatic carbocycles. The SMILES string of the molecule is CCC(C)Nc1ncc(C(=O)NCCc2ccccc2)cn1. The van der Waals surface area contributed by atoms with Crippen LogP contribution < -0.4 is 10.6 Å². The molecule has 5 heteroatoms. The monoisotopic (exact) mass is 298 g/mol. The first-order valence-corrected chi connectivity index (χ1v) is 7.59. The third kappa shape index (κ3) is 4.84.